The van der Waals surface area contributed by atoms with Crippen molar-refractivity contribution in [1.82, 2.24) is 5.43 Å². The van der Waals surface area contributed by atoms with Gasteiger partial charge in [-0.2, -0.15) is 5.10 Å². The quantitative estimate of drug-likeness (QED) is 0.543. The first kappa shape index (κ1) is 20.9. The number of carbonyl (C=O) groups excluding carboxylic acids is 2. The first-order valence-corrected chi connectivity index (χ1v) is 11.0. The van der Waals surface area contributed by atoms with Crippen molar-refractivity contribution in [2.75, 3.05) is 11.9 Å². The van der Waals surface area contributed by atoms with Crippen molar-refractivity contribution < 1.29 is 18.7 Å². The Morgan fingerprint density at radius 2 is 1.97 bits per heavy atom. The highest BCUT2D eigenvalue weighted by atomic mass is 32.1. The van der Waals surface area contributed by atoms with Crippen molar-refractivity contribution in [3.63, 3.8) is 0 Å². The maximum absolute atomic E-state index is 12.8. The maximum atomic E-state index is 12.8. The Balaban J connectivity index is 1.52. The molecule has 0 fully saturated rings. The van der Waals surface area contributed by atoms with Crippen LogP contribution in [0.3, 0.4) is 0 Å². The SMILES string of the molecule is CCOc1ccc(NC(=O)c2oc3c(c2C)/C(=N/NC(=O)c2cccs2)CCC3)cc1. The number of thiophene rings is 1. The molecule has 0 spiro atoms. The second-order valence-corrected chi connectivity index (χ2v) is 8.04. The molecule has 7 nitrogen and oxygen atoms in total. The highest BCUT2D eigenvalue weighted by Crippen LogP contribution is 2.30. The minimum Gasteiger partial charge on any atom is -0.494 e. The van der Waals surface area contributed by atoms with E-state index in [2.05, 4.69) is 15.8 Å². The minimum absolute atomic E-state index is 0.246. The normalized spacial score (nSPS) is 14.2. The van der Waals surface area contributed by atoms with Crippen molar-refractivity contribution >= 4 is 34.6 Å². The molecule has 0 radical (unpaired) electrons. The van der Waals surface area contributed by atoms with Crippen molar-refractivity contribution in [3.8, 4) is 5.75 Å². The molecule has 1 aliphatic carbocycles. The molecule has 0 atom stereocenters. The van der Waals surface area contributed by atoms with Crippen LogP contribution >= 0.6 is 11.3 Å². The number of hydrazone groups is 1. The van der Waals surface area contributed by atoms with E-state index in [1.165, 1.54) is 11.3 Å². The summed E-state index contributed by atoms with van der Waals surface area (Å²) in [6.07, 6.45) is 2.27. The number of amides is 2. The van der Waals surface area contributed by atoms with Gasteiger partial charge in [-0.25, -0.2) is 5.43 Å². The number of nitrogens with zero attached hydrogens (tertiary/aromatic N) is 1. The van der Waals surface area contributed by atoms with Crippen molar-refractivity contribution in [3.05, 3.63) is 69.3 Å². The molecule has 0 aliphatic heterocycles. The van der Waals surface area contributed by atoms with Crippen molar-refractivity contribution in [2.45, 2.75) is 33.1 Å². The van der Waals surface area contributed by atoms with Gasteiger partial charge in [0.05, 0.1) is 17.2 Å². The van der Waals surface area contributed by atoms with Gasteiger partial charge in [0.1, 0.15) is 11.5 Å². The third-order valence-corrected chi connectivity index (χ3v) is 5.86. The van der Waals surface area contributed by atoms with Gasteiger partial charge in [0.25, 0.3) is 11.8 Å². The summed E-state index contributed by atoms with van der Waals surface area (Å²) in [7, 11) is 0. The van der Waals surface area contributed by atoms with Gasteiger partial charge < -0.3 is 14.5 Å². The Bertz CT molecular complexity index is 1110. The molecule has 2 amide bonds. The number of fused-ring (bicyclic) bond motifs is 1. The van der Waals surface area contributed by atoms with Crippen LogP contribution in [0.5, 0.6) is 5.75 Å². The lowest BCUT2D eigenvalue weighted by molar-refractivity contribution is 0.0957. The Morgan fingerprint density at radius 3 is 2.68 bits per heavy atom. The van der Waals surface area contributed by atoms with Gasteiger partial charge in [-0.3, -0.25) is 9.59 Å². The molecule has 31 heavy (non-hydrogen) atoms. The van der Waals surface area contributed by atoms with E-state index < -0.39 is 0 Å². The highest BCUT2D eigenvalue weighted by Gasteiger charge is 2.28. The van der Waals surface area contributed by atoms with Gasteiger partial charge in [0.2, 0.25) is 0 Å². The molecule has 0 saturated heterocycles. The van der Waals surface area contributed by atoms with Crippen LogP contribution in [0.1, 0.15) is 56.9 Å². The standard InChI is InChI=1S/C23H23N3O4S/c1-3-29-16-11-9-15(10-12-16)24-23(28)21-14(2)20-17(6-4-7-18(20)30-21)25-26-22(27)19-8-5-13-31-19/h5,8-13H,3-4,6-7H2,1-2H3,(H,24,28)(H,26,27)/b25-17+. The Labute approximate surface area is 184 Å². The van der Waals surface area contributed by atoms with Crippen LogP contribution in [-0.4, -0.2) is 24.1 Å². The lowest BCUT2D eigenvalue weighted by Gasteiger charge is -2.13. The molecule has 3 aromatic rings. The van der Waals surface area contributed by atoms with Crippen LogP contribution in [0.4, 0.5) is 5.69 Å². The van der Waals surface area contributed by atoms with Crippen LogP contribution < -0.4 is 15.5 Å². The monoisotopic (exact) mass is 437 g/mol. The number of nitrogens with one attached hydrogen (secondary N) is 2. The molecule has 160 valence electrons. The molecule has 1 aliphatic rings. The number of ether oxygens (including phenoxy) is 1. The molecule has 2 N–H and O–H groups in total. The van der Waals surface area contributed by atoms with Crippen LogP contribution in [0.15, 0.2) is 51.3 Å². The van der Waals surface area contributed by atoms with Gasteiger partial charge in [-0.05, 0) is 62.4 Å². The fraction of sp³-hybridized carbons (Fsp3) is 0.261. The van der Waals surface area contributed by atoms with E-state index in [9.17, 15) is 9.59 Å². The molecule has 2 aromatic heterocycles. The van der Waals surface area contributed by atoms with Gasteiger partial charge >= 0.3 is 0 Å². The molecule has 4 rings (SSSR count). The zero-order chi connectivity index (χ0) is 21.8. The third kappa shape index (κ3) is 4.54. The summed E-state index contributed by atoms with van der Waals surface area (Å²) in [5.74, 6) is 1.17. The van der Waals surface area contributed by atoms with E-state index in [0.29, 0.717) is 23.6 Å². The summed E-state index contributed by atoms with van der Waals surface area (Å²) in [6.45, 7) is 4.35. The number of aryl methyl sites for hydroxylation is 1. The first-order chi connectivity index (χ1) is 15.1. The average molecular weight is 438 g/mol. The first-order valence-electron chi connectivity index (χ1n) is 10.1. The smallest absolute Gasteiger partial charge is 0.291 e. The number of hydrogen-bond donors (Lipinski definition) is 2. The van der Waals surface area contributed by atoms with Gasteiger partial charge in [0, 0.05) is 23.2 Å². The molecule has 0 bridgehead atoms. The predicted octanol–water partition coefficient (Wildman–Crippen LogP) is 4.77. The van der Waals surface area contributed by atoms with E-state index in [1.807, 2.05) is 25.3 Å². The zero-order valence-electron chi connectivity index (χ0n) is 17.4. The van der Waals surface area contributed by atoms with Gasteiger partial charge in [-0.15, -0.1) is 11.3 Å². The average Bonchev–Trinajstić information content (AvgIpc) is 3.42. The largest absolute Gasteiger partial charge is 0.494 e. The second-order valence-electron chi connectivity index (χ2n) is 7.10. The zero-order valence-corrected chi connectivity index (χ0v) is 18.2. The number of furan rings is 1. The van der Waals surface area contributed by atoms with E-state index in [0.717, 1.165) is 41.2 Å². The van der Waals surface area contributed by atoms with Gasteiger partial charge in [0.15, 0.2) is 5.76 Å². The molecule has 2 heterocycles. The summed E-state index contributed by atoms with van der Waals surface area (Å²) in [5.41, 5.74) is 5.54. The fourth-order valence-electron chi connectivity index (χ4n) is 3.57. The maximum Gasteiger partial charge on any atom is 0.291 e. The topological polar surface area (TPSA) is 92.9 Å². The van der Waals surface area contributed by atoms with Crippen LogP contribution in [-0.2, 0) is 6.42 Å². The minimum atomic E-state index is -0.321. The number of carbonyl (C=O) groups is 2. The summed E-state index contributed by atoms with van der Waals surface area (Å²) >= 11 is 1.36. The van der Waals surface area contributed by atoms with Crippen molar-refractivity contribution in [1.29, 1.82) is 0 Å². The Kier molecular flexibility index (Phi) is 6.18. The molecule has 8 heteroatoms. The summed E-state index contributed by atoms with van der Waals surface area (Å²) in [5, 5.41) is 9.05. The van der Waals surface area contributed by atoms with Crippen molar-refractivity contribution in [2.24, 2.45) is 5.10 Å². The molecule has 0 saturated carbocycles. The van der Waals surface area contributed by atoms with E-state index in [1.54, 1.807) is 30.3 Å². The predicted molar refractivity (Wildman–Crippen MR) is 120 cm³/mol. The van der Waals surface area contributed by atoms with E-state index in [4.69, 9.17) is 9.15 Å². The second kappa shape index (κ2) is 9.18. The fourth-order valence-corrected chi connectivity index (χ4v) is 4.18. The van der Waals surface area contributed by atoms with E-state index in [-0.39, 0.29) is 17.6 Å². The van der Waals surface area contributed by atoms with Gasteiger partial charge in [-0.1, -0.05) is 6.07 Å². The summed E-state index contributed by atoms with van der Waals surface area (Å²) in [4.78, 5) is 25.7. The number of anilines is 1. The lowest BCUT2D eigenvalue weighted by atomic mass is 9.93. The number of rotatable bonds is 6. The molecule has 0 unspecified atom stereocenters. The Morgan fingerprint density at radius 1 is 1.16 bits per heavy atom. The summed E-state index contributed by atoms with van der Waals surface area (Å²) < 4.78 is 11.3. The van der Waals surface area contributed by atoms with Crippen LogP contribution in [0.2, 0.25) is 0 Å². The summed E-state index contributed by atoms with van der Waals surface area (Å²) in [6, 6.07) is 10.8. The van der Waals surface area contributed by atoms with Crippen LogP contribution in [0, 0.1) is 6.92 Å². The Hall–Kier alpha value is -3.39. The molecule has 1 aromatic carbocycles. The number of benzene rings is 1. The molecular formula is C23H23N3O4S. The third-order valence-electron chi connectivity index (χ3n) is 4.99. The van der Waals surface area contributed by atoms with E-state index >= 15 is 0 Å². The molecular weight excluding hydrogens is 414 g/mol. The lowest BCUT2D eigenvalue weighted by Crippen LogP contribution is -2.21. The number of hydrogen-bond acceptors (Lipinski definition) is 6. The highest BCUT2D eigenvalue weighted by molar-refractivity contribution is 7.12. The van der Waals surface area contributed by atoms with Crippen LogP contribution in [0.25, 0.3) is 0 Å².